The number of rotatable bonds is 2. The maximum atomic E-state index is 10.7. The fourth-order valence-electron chi connectivity index (χ4n) is 0.969. The number of hydrazine groups is 1. The van der Waals surface area contributed by atoms with Gasteiger partial charge in [-0.15, -0.1) is 0 Å². The summed E-state index contributed by atoms with van der Waals surface area (Å²) in [5.41, 5.74) is 8.82. The van der Waals surface area contributed by atoms with Gasteiger partial charge in [0.2, 0.25) is 0 Å². The molecule has 7 nitrogen and oxygen atoms in total. The number of hydrogen-bond donors (Lipinski definition) is 2. The minimum Gasteiger partial charge on any atom is -0.363 e. The SMILES string of the molecule is NC1=NOC(=O)ON1Nc1ccccc1. The standard InChI is InChI=1S/C8H8N4O3/c9-7-11-14-8(13)15-12(7)10-6-4-2-1-3-5-6/h1-5,10H,(H2,9,11). The number of nitrogens with two attached hydrogens (primary N) is 1. The number of guanidine groups is 1. The van der Waals surface area contributed by atoms with Crippen LogP contribution in [0.15, 0.2) is 35.5 Å². The number of anilines is 1. The highest BCUT2D eigenvalue weighted by Gasteiger charge is 2.22. The lowest BCUT2D eigenvalue weighted by Gasteiger charge is -2.23. The van der Waals surface area contributed by atoms with Crippen molar-refractivity contribution in [2.75, 3.05) is 5.43 Å². The first-order valence-electron chi connectivity index (χ1n) is 4.10. The second-order valence-electron chi connectivity index (χ2n) is 2.65. The largest absolute Gasteiger partial charge is 0.562 e. The molecular formula is C8H8N4O3. The van der Waals surface area contributed by atoms with Crippen LogP contribution >= 0.6 is 0 Å². The van der Waals surface area contributed by atoms with Crippen molar-refractivity contribution >= 4 is 17.8 Å². The maximum Gasteiger partial charge on any atom is 0.562 e. The van der Waals surface area contributed by atoms with Gasteiger partial charge in [-0.1, -0.05) is 23.4 Å². The summed E-state index contributed by atoms with van der Waals surface area (Å²) in [5.74, 6) is -0.0987. The zero-order valence-electron chi connectivity index (χ0n) is 7.58. The summed E-state index contributed by atoms with van der Waals surface area (Å²) in [6.45, 7) is 0. The number of carbonyl (C=O) groups is 1. The lowest BCUT2D eigenvalue weighted by Crippen LogP contribution is -2.45. The molecule has 1 aromatic carbocycles. The number of nitrogens with zero attached hydrogens (tertiary/aromatic N) is 2. The molecule has 7 heteroatoms. The Kier molecular flexibility index (Phi) is 2.28. The van der Waals surface area contributed by atoms with E-state index in [-0.39, 0.29) is 5.96 Å². The Morgan fingerprint density at radius 1 is 1.33 bits per heavy atom. The molecule has 1 aliphatic heterocycles. The van der Waals surface area contributed by atoms with Crippen molar-refractivity contribution in [3.63, 3.8) is 0 Å². The van der Waals surface area contributed by atoms with Crippen molar-refractivity contribution in [3.8, 4) is 0 Å². The molecule has 0 fully saturated rings. The number of carbonyl (C=O) groups excluding carboxylic acids is 1. The zero-order chi connectivity index (χ0) is 10.7. The first-order valence-corrected chi connectivity index (χ1v) is 4.10. The molecule has 3 N–H and O–H groups in total. The Labute approximate surface area is 85.0 Å². The number of nitrogens with one attached hydrogen (secondary N) is 1. The van der Waals surface area contributed by atoms with Crippen LogP contribution in [-0.4, -0.2) is 17.3 Å². The molecule has 0 bridgehead atoms. The topological polar surface area (TPSA) is 89.2 Å². The summed E-state index contributed by atoms with van der Waals surface area (Å²) in [5, 5.41) is 4.19. The summed E-state index contributed by atoms with van der Waals surface area (Å²) < 4.78 is 0. The third-order valence-corrected chi connectivity index (χ3v) is 1.59. The molecule has 0 unspecified atom stereocenters. The summed E-state index contributed by atoms with van der Waals surface area (Å²) in [6.07, 6.45) is -0.951. The summed E-state index contributed by atoms with van der Waals surface area (Å²) in [7, 11) is 0. The Balaban J connectivity index is 2.09. The smallest absolute Gasteiger partial charge is 0.363 e. The second-order valence-corrected chi connectivity index (χ2v) is 2.65. The van der Waals surface area contributed by atoms with Crippen molar-refractivity contribution in [1.82, 2.24) is 5.17 Å². The van der Waals surface area contributed by atoms with Crippen LogP contribution in [0.4, 0.5) is 10.5 Å². The van der Waals surface area contributed by atoms with Crippen LogP contribution in [0.1, 0.15) is 0 Å². The van der Waals surface area contributed by atoms with E-state index in [4.69, 9.17) is 5.73 Å². The Bertz CT molecular complexity index is 392. The minimum atomic E-state index is -0.951. The molecule has 0 amide bonds. The van der Waals surface area contributed by atoms with E-state index in [1.807, 2.05) is 18.2 Å². The molecule has 1 aromatic rings. The van der Waals surface area contributed by atoms with Crippen molar-refractivity contribution in [2.24, 2.45) is 10.9 Å². The predicted molar refractivity (Wildman–Crippen MR) is 51.1 cm³/mol. The van der Waals surface area contributed by atoms with Crippen LogP contribution in [0.5, 0.6) is 0 Å². The zero-order valence-corrected chi connectivity index (χ0v) is 7.58. The van der Waals surface area contributed by atoms with Gasteiger partial charge in [0.1, 0.15) is 0 Å². The predicted octanol–water partition coefficient (Wildman–Crippen LogP) is 0.627. The van der Waals surface area contributed by atoms with Crippen molar-refractivity contribution in [2.45, 2.75) is 0 Å². The summed E-state index contributed by atoms with van der Waals surface area (Å²) >= 11 is 0. The van der Waals surface area contributed by atoms with E-state index in [0.717, 1.165) is 5.17 Å². The minimum absolute atomic E-state index is 0.0987. The third kappa shape index (κ3) is 2.08. The number of hydrogen-bond acceptors (Lipinski definition) is 7. The monoisotopic (exact) mass is 208 g/mol. The molecule has 2 rings (SSSR count). The lowest BCUT2D eigenvalue weighted by molar-refractivity contribution is -0.0813. The van der Waals surface area contributed by atoms with Crippen LogP contribution in [0.2, 0.25) is 0 Å². The second kappa shape index (κ2) is 3.74. The Morgan fingerprint density at radius 2 is 2.07 bits per heavy atom. The molecule has 0 atom stereocenters. The van der Waals surface area contributed by atoms with Gasteiger partial charge in [0.25, 0.3) is 5.96 Å². The van der Waals surface area contributed by atoms with E-state index in [1.54, 1.807) is 12.1 Å². The van der Waals surface area contributed by atoms with Crippen LogP contribution in [0.25, 0.3) is 0 Å². The van der Waals surface area contributed by atoms with Gasteiger partial charge in [-0.05, 0) is 17.3 Å². The highest BCUT2D eigenvalue weighted by Crippen LogP contribution is 2.09. The Hall–Kier alpha value is -2.44. The van der Waals surface area contributed by atoms with E-state index in [1.165, 1.54) is 0 Å². The van der Waals surface area contributed by atoms with E-state index in [0.29, 0.717) is 5.69 Å². The highest BCUT2D eigenvalue weighted by atomic mass is 16.9. The molecule has 0 aromatic heterocycles. The molecule has 0 saturated carbocycles. The average molecular weight is 208 g/mol. The van der Waals surface area contributed by atoms with Crippen molar-refractivity contribution in [1.29, 1.82) is 0 Å². The van der Waals surface area contributed by atoms with Gasteiger partial charge in [0.15, 0.2) is 0 Å². The maximum absolute atomic E-state index is 10.7. The van der Waals surface area contributed by atoms with Crippen molar-refractivity contribution in [3.05, 3.63) is 30.3 Å². The van der Waals surface area contributed by atoms with E-state index in [9.17, 15) is 4.79 Å². The first kappa shape index (κ1) is 9.13. The van der Waals surface area contributed by atoms with Gasteiger partial charge < -0.3 is 5.73 Å². The molecule has 1 heterocycles. The molecule has 0 saturated heterocycles. The molecule has 1 aliphatic rings. The van der Waals surface area contributed by atoms with Gasteiger partial charge in [0, 0.05) is 0 Å². The number of hydroxylamine groups is 1. The molecule has 0 aliphatic carbocycles. The van der Waals surface area contributed by atoms with Crippen LogP contribution < -0.4 is 11.2 Å². The number of oxime groups is 1. The van der Waals surface area contributed by atoms with Crippen LogP contribution in [0.3, 0.4) is 0 Å². The highest BCUT2D eigenvalue weighted by molar-refractivity contribution is 5.81. The molecule has 15 heavy (non-hydrogen) atoms. The van der Waals surface area contributed by atoms with Crippen LogP contribution in [-0.2, 0) is 9.68 Å². The third-order valence-electron chi connectivity index (χ3n) is 1.59. The molecule has 0 spiro atoms. The van der Waals surface area contributed by atoms with Gasteiger partial charge in [0.05, 0.1) is 5.69 Å². The normalized spacial score (nSPS) is 15.1. The summed E-state index contributed by atoms with van der Waals surface area (Å²) in [4.78, 5) is 19.5. The molecule has 0 radical (unpaired) electrons. The number of benzene rings is 1. The van der Waals surface area contributed by atoms with E-state index >= 15 is 0 Å². The van der Waals surface area contributed by atoms with Gasteiger partial charge in [-0.25, -0.2) is 0 Å². The molecular weight excluding hydrogens is 200 g/mol. The average Bonchev–Trinajstić information content (AvgIpc) is 2.25. The van der Waals surface area contributed by atoms with Gasteiger partial charge in [-0.2, -0.15) is 4.79 Å². The van der Waals surface area contributed by atoms with E-state index < -0.39 is 6.16 Å². The van der Waals surface area contributed by atoms with Gasteiger partial charge in [-0.3, -0.25) is 15.1 Å². The summed E-state index contributed by atoms with van der Waals surface area (Å²) in [6, 6.07) is 9.04. The first-order chi connectivity index (χ1) is 7.25. The Morgan fingerprint density at radius 3 is 2.80 bits per heavy atom. The van der Waals surface area contributed by atoms with E-state index in [2.05, 4.69) is 20.3 Å². The quantitative estimate of drug-likeness (QED) is 0.693. The fraction of sp³-hybridized carbons (Fsp3) is 0. The fourth-order valence-corrected chi connectivity index (χ4v) is 0.969. The van der Waals surface area contributed by atoms with Crippen molar-refractivity contribution < 1.29 is 14.5 Å². The number of para-hydroxylation sites is 1. The van der Waals surface area contributed by atoms with Crippen LogP contribution in [0, 0.1) is 0 Å². The molecule has 78 valence electrons. The lowest BCUT2D eigenvalue weighted by atomic mass is 10.3. The van der Waals surface area contributed by atoms with Gasteiger partial charge >= 0.3 is 6.16 Å².